The van der Waals surface area contributed by atoms with Crippen molar-refractivity contribution in [3.63, 3.8) is 0 Å². The number of nitrogens with zero attached hydrogens (tertiary/aromatic N) is 2. The van der Waals surface area contributed by atoms with E-state index < -0.39 is 11.9 Å². The van der Waals surface area contributed by atoms with Gasteiger partial charge in [-0.2, -0.15) is 16.7 Å². The van der Waals surface area contributed by atoms with E-state index in [1.165, 1.54) is 0 Å². The number of rotatable bonds is 6. The quantitative estimate of drug-likeness (QED) is 0.669. The maximum atomic E-state index is 12.1. The summed E-state index contributed by atoms with van der Waals surface area (Å²) < 4.78 is 0. The number of aromatic nitrogens is 2. The molecule has 1 aliphatic carbocycles. The number of nitrogens with two attached hydrogens (primary N) is 1. The highest BCUT2D eigenvalue weighted by molar-refractivity contribution is 7.98. The molecule has 1 atom stereocenters. The third-order valence-corrected chi connectivity index (χ3v) is 6.38. The Morgan fingerprint density at radius 1 is 1.28 bits per heavy atom. The van der Waals surface area contributed by atoms with Gasteiger partial charge in [0.2, 0.25) is 11.9 Å². The molecule has 0 spiro atoms. The van der Waals surface area contributed by atoms with Gasteiger partial charge in [0.1, 0.15) is 11.9 Å². The summed E-state index contributed by atoms with van der Waals surface area (Å²) in [5, 5.41) is 6.50. The molecule has 2 aliphatic rings. The Hall–Kier alpha value is -2.61. The number of carbonyl (C=O) groups is 2. The summed E-state index contributed by atoms with van der Waals surface area (Å²) in [6.45, 7) is 1.92. The summed E-state index contributed by atoms with van der Waals surface area (Å²) in [5.41, 5.74) is 10.3. The standard InChI is InChI=1S/C21H25N5O2S/c1-2-16(19(22)28)24-20-15-11-29-9-8-17(15)25-21(26-20)23-13-6-7-14-12(10-13)4-3-5-18(14)27/h6-7,10,16H,2-5,8-9,11H2,1H3,(H2,22,28)(H2,23,24,25,26). The van der Waals surface area contributed by atoms with Crippen LogP contribution in [0, 0.1) is 0 Å². The van der Waals surface area contributed by atoms with Crippen LogP contribution in [0.3, 0.4) is 0 Å². The average Bonchev–Trinajstić information content (AvgIpc) is 2.71. The molecular formula is C21H25N5O2S. The van der Waals surface area contributed by atoms with E-state index >= 15 is 0 Å². The Morgan fingerprint density at radius 2 is 2.14 bits per heavy atom. The number of hydrogen-bond acceptors (Lipinski definition) is 7. The molecule has 0 saturated carbocycles. The van der Waals surface area contributed by atoms with Crippen LogP contribution in [0.5, 0.6) is 0 Å². The van der Waals surface area contributed by atoms with Gasteiger partial charge in [-0.1, -0.05) is 6.92 Å². The monoisotopic (exact) mass is 411 g/mol. The maximum absolute atomic E-state index is 12.1. The lowest BCUT2D eigenvalue weighted by atomic mass is 9.90. The number of fused-ring (bicyclic) bond motifs is 2. The number of nitrogens with one attached hydrogen (secondary N) is 2. The first-order valence-corrected chi connectivity index (χ1v) is 11.2. The molecule has 1 aliphatic heterocycles. The summed E-state index contributed by atoms with van der Waals surface area (Å²) in [6, 6.07) is 5.32. The molecule has 1 aromatic heterocycles. The molecule has 0 fully saturated rings. The first kappa shape index (κ1) is 19.7. The zero-order valence-electron chi connectivity index (χ0n) is 16.5. The lowest BCUT2D eigenvalue weighted by Gasteiger charge is -2.22. The lowest BCUT2D eigenvalue weighted by molar-refractivity contribution is -0.118. The number of thioether (sulfide) groups is 1. The van der Waals surface area contributed by atoms with Crippen molar-refractivity contribution in [3.8, 4) is 0 Å². The highest BCUT2D eigenvalue weighted by atomic mass is 32.2. The molecule has 1 amide bonds. The number of anilines is 3. The number of primary amides is 1. The second-order valence-electron chi connectivity index (χ2n) is 7.40. The Kier molecular flexibility index (Phi) is 5.71. The van der Waals surface area contributed by atoms with Gasteiger partial charge < -0.3 is 16.4 Å². The third kappa shape index (κ3) is 4.22. The number of amides is 1. The van der Waals surface area contributed by atoms with Crippen LogP contribution in [0.15, 0.2) is 18.2 Å². The molecule has 2 heterocycles. The van der Waals surface area contributed by atoms with Gasteiger partial charge in [-0.3, -0.25) is 9.59 Å². The second kappa shape index (κ2) is 8.41. The van der Waals surface area contributed by atoms with Crippen LogP contribution in [0.1, 0.15) is 53.4 Å². The van der Waals surface area contributed by atoms with Crippen molar-refractivity contribution in [2.24, 2.45) is 5.73 Å². The Bertz CT molecular complexity index is 962. The molecule has 0 radical (unpaired) electrons. The largest absolute Gasteiger partial charge is 0.368 e. The van der Waals surface area contributed by atoms with Crippen LogP contribution < -0.4 is 16.4 Å². The zero-order chi connectivity index (χ0) is 20.4. The molecule has 7 nitrogen and oxygen atoms in total. The van der Waals surface area contributed by atoms with Crippen molar-refractivity contribution in [2.45, 2.75) is 50.8 Å². The van der Waals surface area contributed by atoms with Crippen molar-refractivity contribution in [3.05, 3.63) is 40.6 Å². The summed E-state index contributed by atoms with van der Waals surface area (Å²) in [4.78, 5) is 33.1. The minimum atomic E-state index is -0.469. The SMILES string of the molecule is CCC(Nc1nc(Nc2ccc3c(c2)CCCC3=O)nc2c1CSCC2)C(N)=O. The number of benzene rings is 1. The number of aryl methyl sites for hydroxylation is 2. The van der Waals surface area contributed by atoms with Crippen molar-refractivity contribution in [1.82, 2.24) is 9.97 Å². The summed E-state index contributed by atoms with van der Waals surface area (Å²) in [7, 11) is 0. The van der Waals surface area contributed by atoms with Crippen LogP contribution in [-0.4, -0.2) is 33.5 Å². The highest BCUT2D eigenvalue weighted by Crippen LogP contribution is 2.31. The molecule has 4 N–H and O–H groups in total. The lowest BCUT2D eigenvalue weighted by Crippen LogP contribution is -2.35. The summed E-state index contributed by atoms with van der Waals surface area (Å²) in [5.74, 6) is 2.80. The van der Waals surface area contributed by atoms with Crippen LogP contribution in [-0.2, 0) is 23.4 Å². The van der Waals surface area contributed by atoms with Crippen molar-refractivity contribution < 1.29 is 9.59 Å². The fraction of sp³-hybridized carbons (Fsp3) is 0.429. The van der Waals surface area contributed by atoms with Crippen molar-refractivity contribution in [1.29, 1.82) is 0 Å². The van der Waals surface area contributed by atoms with E-state index in [0.29, 0.717) is 24.6 Å². The van der Waals surface area contributed by atoms with E-state index in [2.05, 4.69) is 15.6 Å². The number of ketones is 1. The molecule has 152 valence electrons. The fourth-order valence-corrected chi connectivity index (χ4v) is 4.79. The van der Waals surface area contributed by atoms with Crippen molar-refractivity contribution >= 4 is 40.9 Å². The van der Waals surface area contributed by atoms with E-state index in [9.17, 15) is 9.59 Å². The normalized spacial score (nSPS) is 16.5. The highest BCUT2D eigenvalue weighted by Gasteiger charge is 2.22. The molecule has 0 bridgehead atoms. The van der Waals surface area contributed by atoms with E-state index in [-0.39, 0.29) is 5.78 Å². The maximum Gasteiger partial charge on any atom is 0.239 e. The first-order valence-electron chi connectivity index (χ1n) is 10.0. The fourth-order valence-electron chi connectivity index (χ4n) is 3.80. The number of hydrogen-bond donors (Lipinski definition) is 3. The second-order valence-corrected chi connectivity index (χ2v) is 8.51. The summed E-state index contributed by atoms with van der Waals surface area (Å²) in [6.07, 6.45) is 3.87. The van der Waals surface area contributed by atoms with E-state index in [0.717, 1.165) is 58.8 Å². The topological polar surface area (TPSA) is 110 Å². The Morgan fingerprint density at radius 3 is 2.93 bits per heavy atom. The minimum absolute atomic E-state index is 0.212. The molecule has 29 heavy (non-hydrogen) atoms. The smallest absolute Gasteiger partial charge is 0.239 e. The van der Waals surface area contributed by atoms with Gasteiger partial charge in [-0.15, -0.1) is 0 Å². The molecule has 1 unspecified atom stereocenters. The van der Waals surface area contributed by atoms with Crippen LogP contribution in [0.4, 0.5) is 17.5 Å². The van der Waals surface area contributed by atoms with E-state index in [1.807, 2.05) is 36.9 Å². The van der Waals surface area contributed by atoms with Gasteiger partial charge in [-0.25, -0.2) is 4.98 Å². The van der Waals surface area contributed by atoms with Crippen LogP contribution in [0.2, 0.25) is 0 Å². The molecule has 2 aromatic rings. The Labute approximate surface area is 174 Å². The average molecular weight is 412 g/mol. The van der Waals surface area contributed by atoms with Gasteiger partial charge in [0.15, 0.2) is 5.78 Å². The Balaban J connectivity index is 1.64. The van der Waals surface area contributed by atoms with Crippen LogP contribution in [0.25, 0.3) is 0 Å². The van der Waals surface area contributed by atoms with Gasteiger partial charge >= 0.3 is 0 Å². The van der Waals surface area contributed by atoms with Gasteiger partial charge in [-0.05, 0) is 55.2 Å². The molecule has 8 heteroatoms. The van der Waals surface area contributed by atoms with E-state index in [4.69, 9.17) is 10.7 Å². The predicted molar refractivity (Wildman–Crippen MR) is 116 cm³/mol. The number of carbonyl (C=O) groups excluding carboxylic acids is 2. The molecule has 4 rings (SSSR count). The predicted octanol–water partition coefficient (Wildman–Crippen LogP) is 3.20. The van der Waals surface area contributed by atoms with Gasteiger partial charge in [0.25, 0.3) is 0 Å². The van der Waals surface area contributed by atoms with Crippen LogP contribution >= 0.6 is 11.8 Å². The first-order chi connectivity index (χ1) is 14.0. The summed E-state index contributed by atoms with van der Waals surface area (Å²) >= 11 is 1.83. The van der Waals surface area contributed by atoms with Gasteiger partial charge in [0, 0.05) is 29.0 Å². The zero-order valence-corrected chi connectivity index (χ0v) is 17.3. The number of Topliss-reactive ketones (excluding diaryl/α,β-unsaturated/α-hetero) is 1. The van der Waals surface area contributed by atoms with E-state index in [1.54, 1.807) is 0 Å². The molecule has 0 saturated heterocycles. The van der Waals surface area contributed by atoms with Gasteiger partial charge in [0.05, 0.1) is 5.69 Å². The van der Waals surface area contributed by atoms with Crippen molar-refractivity contribution in [2.75, 3.05) is 16.4 Å². The molecule has 1 aromatic carbocycles. The minimum Gasteiger partial charge on any atom is -0.368 e. The molecular weight excluding hydrogens is 386 g/mol. The third-order valence-electron chi connectivity index (χ3n) is 5.40.